The van der Waals surface area contributed by atoms with Gasteiger partial charge in [0.15, 0.2) is 12.4 Å². The Balaban J connectivity index is 4.04. The number of carboxylic acids is 1. The summed E-state index contributed by atoms with van der Waals surface area (Å²) >= 11 is 0. The van der Waals surface area contributed by atoms with E-state index in [1.807, 2.05) is 21.1 Å². The first-order valence-electron chi connectivity index (χ1n) is 36.1. The fourth-order valence-corrected chi connectivity index (χ4v) is 10.4. The Hall–Kier alpha value is -3.27. The van der Waals surface area contributed by atoms with Crippen LogP contribution in [-0.4, -0.2) is 82.3 Å². The average Bonchev–Trinajstić information content (AvgIpc) is 3.48. The van der Waals surface area contributed by atoms with Crippen molar-refractivity contribution in [2.75, 3.05) is 47.5 Å². The largest absolute Gasteiger partial charge is 0.545 e. The van der Waals surface area contributed by atoms with Gasteiger partial charge in [0, 0.05) is 12.8 Å². The summed E-state index contributed by atoms with van der Waals surface area (Å²) < 4.78 is 22.8. The highest BCUT2D eigenvalue weighted by atomic mass is 16.7. The molecule has 0 aromatic carbocycles. The van der Waals surface area contributed by atoms with E-state index >= 15 is 0 Å². The number of likely N-dealkylation sites (N-methyl/N-ethyl adjacent to an activating group) is 1. The molecule has 0 fully saturated rings. The Labute approximate surface area is 526 Å². The van der Waals surface area contributed by atoms with Crippen molar-refractivity contribution in [3.63, 3.8) is 0 Å². The number of quaternary nitrogens is 1. The molecule has 2 atom stereocenters. The maximum atomic E-state index is 12.9. The van der Waals surface area contributed by atoms with Gasteiger partial charge < -0.3 is 33.3 Å². The van der Waals surface area contributed by atoms with E-state index in [-0.39, 0.29) is 32.2 Å². The van der Waals surface area contributed by atoms with Gasteiger partial charge in [-0.25, -0.2) is 0 Å². The summed E-state index contributed by atoms with van der Waals surface area (Å²) in [6.45, 7) is 4.67. The highest BCUT2D eigenvalue weighted by molar-refractivity contribution is 5.70. The Morgan fingerprint density at radius 3 is 1.00 bits per heavy atom. The molecule has 0 amide bonds. The number of unbranched alkanes of at least 4 members (excludes halogenated alkanes) is 40. The zero-order valence-electron chi connectivity index (χ0n) is 56.5. The minimum absolute atomic E-state index is 0.148. The number of hydrogen-bond acceptors (Lipinski definition) is 8. The molecule has 0 aliphatic carbocycles. The monoisotopic (exact) mass is 1190 g/mol. The molecule has 0 aromatic heterocycles. The summed E-state index contributed by atoms with van der Waals surface area (Å²) in [6, 6.07) is 0. The van der Waals surface area contributed by atoms with Gasteiger partial charge in [-0.3, -0.25) is 9.59 Å². The second-order valence-corrected chi connectivity index (χ2v) is 25.5. The highest BCUT2D eigenvalue weighted by Gasteiger charge is 2.22. The maximum absolute atomic E-state index is 12.9. The Kier molecular flexibility index (Phi) is 64.1. The lowest BCUT2D eigenvalue weighted by molar-refractivity contribution is -0.870. The second-order valence-electron chi connectivity index (χ2n) is 25.5. The van der Waals surface area contributed by atoms with Gasteiger partial charge in [0.05, 0.1) is 40.3 Å². The fourth-order valence-electron chi connectivity index (χ4n) is 10.4. The van der Waals surface area contributed by atoms with Gasteiger partial charge in [-0.05, 0) is 83.5 Å². The van der Waals surface area contributed by atoms with E-state index in [0.29, 0.717) is 23.9 Å². The Bertz CT molecular complexity index is 1620. The van der Waals surface area contributed by atoms with E-state index < -0.39 is 24.3 Å². The fraction of sp³-hybridized carbons (Fsp3) is 0.803. The number of rotatable bonds is 67. The summed E-state index contributed by atoms with van der Waals surface area (Å²) in [5, 5.41) is 11.8. The Morgan fingerprint density at radius 1 is 0.365 bits per heavy atom. The number of esters is 2. The van der Waals surface area contributed by atoms with Crippen LogP contribution in [-0.2, 0) is 33.3 Å². The first-order chi connectivity index (χ1) is 41.6. The lowest BCUT2D eigenvalue weighted by Gasteiger charge is -2.26. The number of carboxylic acid groups (broad SMARTS) is 1. The van der Waals surface area contributed by atoms with Crippen LogP contribution in [0.5, 0.6) is 0 Å². The van der Waals surface area contributed by atoms with Crippen molar-refractivity contribution >= 4 is 17.9 Å². The molecule has 0 aliphatic heterocycles. The predicted molar refractivity (Wildman–Crippen MR) is 361 cm³/mol. The zero-order valence-corrected chi connectivity index (χ0v) is 56.5. The van der Waals surface area contributed by atoms with Crippen molar-refractivity contribution < 1.29 is 42.9 Å². The van der Waals surface area contributed by atoms with Crippen molar-refractivity contribution in [3.05, 3.63) is 72.9 Å². The molecule has 85 heavy (non-hydrogen) atoms. The summed E-state index contributed by atoms with van der Waals surface area (Å²) in [4.78, 5) is 37.5. The van der Waals surface area contributed by atoms with Gasteiger partial charge in [0.2, 0.25) is 0 Å². The van der Waals surface area contributed by atoms with Crippen LogP contribution >= 0.6 is 0 Å². The lowest BCUT2D eigenvalue weighted by Crippen LogP contribution is -2.44. The number of hydrogen-bond donors (Lipinski definition) is 0. The summed E-state index contributed by atoms with van der Waals surface area (Å²) in [5.74, 6) is -2.26. The molecule has 0 saturated heterocycles. The standard InChI is InChI=1S/C76H137NO8/c1-6-8-10-12-14-16-18-20-22-24-26-28-30-32-33-34-35-36-37-38-39-40-41-43-45-47-49-51-53-55-57-59-61-63-65-67-74(79)85-72(71-84-76(75(80)81)82-69-68-77(3,4)5)70-83-73(78)66-64-62-60-58-56-54-52-50-48-46-44-42-31-29-27-25-23-21-19-17-15-13-11-9-7-2/h8,10,14,16,19-22,25-28,72,76H,6-7,9,11-13,15,17-18,23-24,29-71H2,1-5H3/b10-8-,16-14-,21-19-,22-20-,27-25-,28-26-. The molecular weight excluding hydrogens is 1050 g/mol. The van der Waals surface area contributed by atoms with E-state index in [1.54, 1.807) is 0 Å². The van der Waals surface area contributed by atoms with Gasteiger partial charge >= 0.3 is 11.9 Å². The van der Waals surface area contributed by atoms with Crippen molar-refractivity contribution in [3.8, 4) is 0 Å². The lowest BCUT2D eigenvalue weighted by atomic mass is 10.0. The quantitative estimate of drug-likeness (QED) is 0.0195. The summed E-state index contributed by atoms with van der Waals surface area (Å²) in [6.07, 6.45) is 85.6. The van der Waals surface area contributed by atoms with Crippen LogP contribution < -0.4 is 5.11 Å². The van der Waals surface area contributed by atoms with Crippen LogP contribution in [0.4, 0.5) is 0 Å². The minimum atomic E-state index is -1.62. The van der Waals surface area contributed by atoms with Gasteiger partial charge in [0.1, 0.15) is 13.2 Å². The third-order valence-electron chi connectivity index (χ3n) is 15.9. The zero-order chi connectivity index (χ0) is 61.9. The molecule has 0 aromatic rings. The normalized spacial score (nSPS) is 13.1. The minimum Gasteiger partial charge on any atom is -0.545 e. The van der Waals surface area contributed by atoms with E-state index in [1.165, 1.54) is 238 Å². The molecular formula is C76H137NO8. The molecule has 2 unspecified atom stereocenters. The first kappa shape index (κ1) is 81.7. The second kappa shape index (κ2) is 66.7. The number of carbonyl (C=O) groups excluding carboxylic acids is 3. The van der Waals surface area contributed by atoms with Gasteiger partial charge in [-0.2, -0.15) is 0 Å². The summed E-state index contributed by atoms with van der Waals surface area (Å²) in [7, 11) is 5.94. The van der Waals surface area contributed by atoms with Crippen molar-refractivity contribution in [1.29, 1.82) is 0 Å². The third-order valence-corrected chi connectivity index (χ3v) is 15.9. The molecule has 0 N–H and O–H groups in total. The van der Waals surface area contributed by atoms with Crippen molar-refractivity contribution in [2.24, 2.45) is 0 Å². The van der Waals surface area contributed by atoms with Crippen LogP contribution in [0.2, 0.25) is 0 Å². The summed E-state index contributed by atoms with van der Waals surface area (Å²) in [5.41, 5.74) is 0. The molecule has 0 rings (SSSR count). The SMILES string of the molecule is CC/C=C\C/C=C\C/C=C\C/C=C\CCCCCCCCCCCCCCCCCCCCCCCCC(=O)OC(COC(=O)CCCCCCCCCCCCCCC/C=C\C/C=C\CCCCCCC)COC(OCC[N+](C)(C)C)C(=O)[O-]. The molecule has 9 heteroatoms. The third kappa shape index (κ3) is 68.1. The van der Waals surface area contributed by atoms with E-state index in [4.69, 9.17) is 18.9 Å². The molecule has 0 spiro atoms. The first-order valence-corrected chi connectivity index (χ1v) is 36.1. The maximum Gasteiger partial charge on any atom is 0.306 e. The van der Waals surface area contributed by atoms with Gasteiger partial charge in [0.25, 0.3) is 0 Å². The van der Waals surface area contributed by atoms with Crippen molar-refractivity contribution in [1.82, 2.24) is 0 Å². The number of nitrogens with zero attached hydrogens (tertiary/aromatic N) is 1. The highest BCUT2D eigenvalue weighted by Crippen LogP contribution is 2.18. The van der Waals surface area contributed by atoms with Gasteiger partial charge in [-0.1, -0.05) is 311 Å². The van der Waals surface area contributed by atoms with Crippen LogP contribution in [0.25, 0.3) is 0 Å². The van der Waals surface area contributed by atoms with Crippen molar-refractivity contribution in [2.45, 2.75) is 347 Å². The van der Waals surface area contributed by atoms with E-state index in [2.05, 4.69) is 86.8 Å². The average molecular weight is 1190 g/mol. The van der Waals surface area contributed by atoms with E-state index in [0.717, 1.165) is 64.2 Å². The molecule has 0 heterocycles. The number of ether oxygens (including phenoxy) is 4. The van der Waals surface area contributed by atoms with Crippen LogP contribution in [0, 0.1) is 0 Å². The number of carbonyl (C=O) groups is 3. The molecule has 9 nitrogen and oxygen atoms in total. The predicted octanol–water partition coefficient (Wildman–Crippen LogP) is 21.1. The van der Waals surface area contributed by atoms with Crippen LogP contribution in [0.1, 0.15) is 335 Å². The number of aliphatic carboxylic acids is 1. The molecule has 0 aliphatic rings. The molecule has 0 saturated carbocycles. The van der Waals surface area contributed by atoms with E-state index in [9.17, 15) is 19.5 Å². The van der Waals surface area contributed by atoms with Crippen LogP contribution in [0.3, 0.4) is 0 Å². The smallest absolute Gasteiger partial charge is 0.306 e. The molecule has 0 bridgehead atoms. The van der Waals surface area contributed by atoms with Crippen LogP contribution in [0.15, 0.2) is 72.9 Å². The molecule has 0 radical (unpaired) electrons. The molecule has 494 valence electrons. The van der Waals surface area contributed by atoms with Gasteiger partial charge in [-0.15, -0.1) is 0 Å². The topological polar surface area (TPSA) is 111 Å². The Morgan fingerprint density at radius 2 is 0.671 bits per heavy atom. The number of allylic oxidation sites excluding steroid dienone is 12.